The molecule has 0 saturated heterocycles. The van der Waals surface area contributed by atoms with E-state index in [2.05, 4.69) is 4.74 Å². The maximum atomic E-state index is 8.43. The van der Waals surface area contributed by atoms with Crippen LogP contribution in [0.5, 0.6) is 0 Å². The molecule has 0 bridgehead atoms. The van der Waals surface area contributed by atoms with Crippen LogP contribution in [0.1, 0.15) is 6.92 Å². The monoisotopic (exact) mass is 300 g/mol. The molecule has 2 radical (unpaired) electrons. The summed E-state index contributed by atoms with van der Waals surface area (Å²) in [6.07, 6.45) is -0.324. The van der Waals surface area contributed by atoms with Gasteiger partial charge in [0, 0.05) is 7.11 Å². The molecule has 1 atom stereocenters. The Labute approximate surface area is 64.0 Å². The van der Waals surface area contributed by atoms with Gasteiger partial charge in [-0.25, -0.2) is 0 Å². The van der Waals surface area contributed by atoms with Gasteiger partial charge in [-0.2, -0.15) is 0 Å². The molecule has 2 nitrogen and oxygen atoms in total. The first-order valence-electron chi connectivity index (χ1n) is 1.94. The molecule has 0 spiro atoms. The normalized spacial score (nSPS) is 12.4. The third-order valence-electron chi connectivity index (χ3n) is 0.408. The first-order chi connectivity index (χ1) is 2.77. The standard InChI is InChI=1S/C4H10O2.Pb.2H/c1-4(5)3-6-2;;;/h4-5H,3H2,1-2H3;;;. The van der Waals surface area contributed by atoms with Gasteiger partial charge in [0.15, 0.2) is 0 Å². The summed E-state index contributed by atoms with van der Waals surface area (Å²) in [7, 11) is 1.56. The van der Waals surface area contributed by atoms with Crippen LogP contribution in [-0.2, 0) is 4.74 Å². The molecule has 0 aliphatic heterocycles. The second-order valence-electron chi connectivity index (χ2n) is 1.30. The van der Waals surface area contributed by atoms with Gasteiger partial charge in [0.1, 0.15) is 0 Å². The van der Waals surface area contributed by atoms with Crippen LogP contribution in [0.4, 0.5) is 0 Å². The number of hydrogen-bond acceptors (Lipinski definition) is 2. The van der Waals surface area contributed by atoms with Gasteiger partial charge in [-0.3, -0.25) is 0 Å². The fraction of sp³-hybridized carbons (Fsp3) is 1.00. The first kappa shape index (κ1) is 10.8. The van der Waals surface area contributed by atoms with Crippen molar-refractivity contribution in [1.29, 1.82) is 0 Å². The minimum atomic E-state index is -0.324. The quantitative estimate of drug-likeness (QED) is 0.670. The summed E-state index contributed by atoms with van der Waals surface area (Å²) in [5, 5.41) is 8.43. The zero-order chi connectivity index (χ0) is 4.99. The van der Waals surface area contributed by atoms with Crippen LogP contribution >= 0.6 is 0 Å². The third kappa shape index (κ3) is 10.9. The Kier molecular flexibility index (Phi) is 10.5. The van der Waals surface area contributed by atoms with E-state index in [-0.39, 0.29) is 33.4 Å². The number of aliphatic hydroxyl groups is 1. The number of rotatable bonds is 2. The van der Waals surface area contributed by atoms with E-state index in [0.717, 1.165) is 0 Å². The summed E-state index contributed by atoms with van der Waals surface area (Å²) in [5.74, 6) is 0. The molecule has 1 unspecified atom stereocenters. The van der Waals surface area contributed by atoms with Crippen molar-refractivity contribution in [3.8, 4) is 0 Å². The number of hydrogen-bond donors (Lipinski definition) is 1. The molecule has 0 rings (SSSR count). The molecular formula is C4H12O2Pb. The van der Waals surface area contributed by atoms with E-state index >= 15 is 0 Å². The summed E-state index contributed by atoms with van der Waals surface area (Å²) < 4.78 is 4.55. The summed E-state index contributed by atoms with van der Waals surface area (Å²) >= 11 is 0. The van der Waals surface area contributed by atoms with E-state index in [1.165, 1.54) is 0 Å². The van der Waals surface area contributed by atoms with Crippen molar-refractivity contribution in [2.45, 2.75) is 13.0 Å². The average Bonchev–Trinajstić information content (AvgIpc) is 1.35. The minimum absolute atomic E-state index is 0. The predicted molar refractivity (Wildman–Crippen MR) is 32.1 cm³/mol. The molecule has 1 N–H and O–H groups in total. The van der Waals surface area contributed by atoms with Crippen molar-refractivity contribution in [2.24, 2.45) is 0 Å². The summed E-state index contributed by atoms with van der Waals surface area (Å²) in [6, 6.07) is 0. The second-order valence-corrected chi connectivity index (χ2v) is 1.30. The molecule has 0 aromatic rings. The summed E-state index contributed by atoms with van der Waals surface area (Å²) in [6.45, 7) is 2.11. The Bertz CT molecular complexity index is 30.9. The van der Waals surface area contributed by atoms with Crippen LogP contribution < -0.4 is 0 Å². The van der Waals surface area contributed by atoms with Gasteiger partial charge in [0.25, 0.3) is 0 Å². The molecule has 0 fully saturated rings. The average molecular weight is 299 g/mol. The van der Waals surface area contributed by atoms with Crippen LogP contribution in [-0.4, -0.2) is 52.2 Å². The zero-order valence-corrected chi connectivity index (χ0v) is 10.3. The van der Waals surface area contributed by atoms with Gasteiger partial charge >= 0.3 is 27.3 Å². The molecule has 7 heavy (non-hydrogen) atoms. The fourth-order valence-electron chi connectivity index (χ4n) is 0.241. The Hall–Kier alpha value is 0.842. The van der Waals surface area contributed by atoms with Crippen LogP contribution in [0.2, 0.25) is 0 Å². The molecule has 3 heteroatoms. The summed E-state index contributed by atoms with van der Waals surface area (Å²) in [4.78, 5) is 0. The van der Waals surface area contributed by atoms with Gasteiger partial charge in [-0.05, 0) is 6.92 Å². The van der Waals surface area contributed by atoms with E-state index in [1.807, 2.05) is 0 Å². The van der Waals surface area contributed by atoms with Crippen molar-refractivity contribution in [3.63, 3.8) is 0 Å². The van der Waals surface area contributed by atoms with Gasteiger partial charge in [-0.1, -0.05) is 0 Å². The van der Waals surface area contributed by atoms with E-state index in [4.69, 9.17) is 5.11 Å². The second kappa shape index (κ2) is 6.84. The van der Waals surface area contributed by atoms with E-state index < -0.39 is 0 Å². The molecule has 0 aromatic heterocycles. The van der Waals surface area contributed by atoms with Crippen molar-refractivity contribution in [3.05, 3.63) is 0 Å². The molecule has 0 saturated carbocycles. The van der Waals surface area contributed by atoms with E-state index in [1.54, 1.807) is 14.0 Å². The van der Waals surface area contributed by atoms with Crippen molar-refractivity contribution in [1.82, 2.24) is 0 Å². The zero-order valence-electron chi connectivity index (χ0n) is 4.85. The Morgan fingerprint density at radius 2 is 2.14 bits per heavy atom. The molecule has 0 amide bonds. The molecule has 44 valence electrons. The fourth-order valence-corrected chi connectivity index (χ4v) is 0.241. The Morgan fingerprint density at radius 3 is 2.14 bits per heavy atom. The SMILES string of the molecule is COCC(C)O.[PbH2]. The number of aliphatic hydroxyl groups excluding tert-OH is 1. The predicted octanol–water partition coefficient (Wildman–Crippen LogP) is -0.903. The van der Waals surface area contributed by atoms with Crippen LogP contribution in [0.3, 0.4) is 0 Å². The van der Waals surface area contributed by atoms with Gasteiger partial charge in [-0.15, -0.1) is 0 Å². The number of methoxy groups -OCH3 is 1. The van der Waals surface area contributed by atoms with Crippen molar-refractivity contribution in [2.75, 3.05) is 13.7 Å². The maximum absolute atomic E-state index is 8.43. The summed E-state index contributed by atoms with van der Waals surface area (Å²) in [5.41, 5.74) is 0. The molecule has 0 aromatic carbocycles. The molecular weight excluding hydrogens is 287 g/mol. The first-order valence-corrected chi connectivity index (χ1v) is 1.94. The van der Waals surface area contributed by atoms with E-state index in [0.29, 0.717) is 6.61 Å². The van der Waals surface area contributed by atoms with Gasteiger partial charge in [0.2, 0.25) is 0 Å². The van der Waals surface area contributed by atoms with Crippen molar-refractivity contribution < 1.29 is 9.84 Å². The van der Waals surface area contributed by atoms with Gasteiger partial charge < -0.3 is 9.84 Å². The number of ether oxygens (including phenoxy) is 1. The Morgan fingerprint density at radius 1 is 1.71 bits per heavy atom. The van der Waals surface area contributed by atoms with Crippen LogP contribution in [0, 0.1) is 0 Å². The molecule has 0 heterocycles. The van der Waals surface area contributed by atoms with E-state index in [9.17, 15) is 0 Å². The molecule has 0 aliphatic carbocycles. The molecule has 0 aliphatic rings. The topological polar surface area (TPSA) is 29.5 Å². The van der Waals surface area contributed by atoms with Crippen molar-refractivity contribution >= 4 is 27.3 Å². The van der Waals surface area contributed by atoms with Gasteiger partial charge in [0.05, 0.1) is 12.7 Å². The third-order valence-corrected chi connectivity index (χ3v) is 0.408. The van der Waals surface area contributed by atoms with Crippen LogP contribution in [0.15, 0.2) is 0 Å². The van der Waals surface area contributed by atoms with Crippen LogP contribution in [0.25, 0.3) is 0 Å². The Balaban J connectivity index is 0.